The molecule has 0 spiro atoms. The van der Waals surface area contributed by atoms with E-state index >= 15 is 0 Å². The zero-order valence-electron chi connectivity index (χ0n) is 11.2. The van der Waals surface area contributed by atoms with Gasteiger partial charge in [-0.3, -0.25) is 0 Å². The van der Waals surface area contributed by atoms with Crippen LogP contribution >= 0.6 is 0 Å². The van der Waals surface area contributed by atoms with Gasteiger partial charge in [-0.05, 0) is 43.0 Å². The minimum absolute atomic E-state index is 0.0477. The maximum Gasteiger partial charge on any atom is 0.243 e. The standard InChI is InChI=1S/C13H19FN2O2S/c1-13(5-6-13)9-16-19(17,18)12-7-10(8-15-2)3-4-11(12)14/h3-4,7,15-16H,5-6,8-9H2,1-2H3. The number of rotatable bonds is 6. The van der Waals surface area contributed by atoms with Gasteiger partial charge in [-0.2, -0.15) is 0 Å². The quantitative estimate of drug-likeness (QED) is 0.835. The molecule has 0 saturated heterocycles. The van der Waals surface area contributed by atoms with Gasteiger partial charge in [0, 0.05) is 13.1 Å². The van der Waals surface area contributed by atoms with Crippen molar-refractivity contribution in [1.82, 2.24) is 10.0 Å². The van der Waals surface area contributed by atoms with Crippen molar-refractivity contribution >= 4 is 10.0 Å². The lowest BCUT2D eigenvalue weighted by atomic mass is 10.2. The van der Waals surface area contributed by atoms with Crippen molar-refractivity contribution in [2.75, 3.05) is 13.6 Å². The van der Waals surface area contributed by atoms with Crippen molar-refractivity contribution < 1.29 is 12.8 Å². The van der Waals surface area contributed by atoms with E-state index in [0.717, 1.165) is 18.4 Å². The van der Waals surface area contributed by atoms with Gasteiger partial charge in [-0.15, -0.1) is 0 Å². The van der Waals surface area contributed by atoms with E-state index in [1.54, 1.807) is 13.1 Å². The minimum Gasteiger partial charge on any atom is -0.316 e. The molecule has 1 aliphatic carbocycles. The summed E-state index contributed by atoms with van der Waals surface area (Å²) < 4.78 is 40.4. The summed E-state index contributed by atoms with van der Waals surface area (Å²) in [6, 6.07) is 4.15. The molecular weight excluding hydrogens is 267 g/mol. The van der Waals surface area contributed by atoms with Crippen LogP contribution in [0.15, 0.2) is 23.1 Å². The van der Waals surface area contributed by atoms with E-state index in [1.807, 2.05) is 6.92 Å². The molecule has 2 rings (SSSR count). The average Bonchev–Trinajstić information content (AvgIpc) is 3.09. The van der Waals surface area contributed by atoms with E-state index in [-0.39, 0.29) is 10.3 Å². The Morgan fingerprint density at radius 3 is 2.63 bits per heavy atom. The summed E-state index contributed by atoms with van der Waals surface area (Å²) in [6.45, 7) is 2.88. The molecule has 0 radical (unpaired) electrons. The summed E-state index contributed by atoms with van der Waals surface area (Å²) in [7, 11) is -2.02. The Bertz CT molecular complexity index is 568. The molecule has 0 bridgehead atoms. The van der Waals surface area contributed by atoms with Crippen molar-refractivity contribution in [3.8, 4) is 0 Å². The van der Waals surface area contributed by atoms with E-state index in [4.69, 9.17) is 0 Å². The second-order valence-corrected chi connectivity index (χ2v) is 7.17. The van der Waals surface area contributed by atoms with Crippen molar-refractivity contribution in [3.05, 3.63) is 29.6 Å². The molecule has 0 atom stereocenters. The fourth-order valence-corrected chi connectivity index (χ4v) is 3.13. The molecule has 6 heteroatoms. The van der Waals surface area contributed by atoms with E-state index in [2.05, 4.69) is 10.0 Å². The number of benzene rings is 1. The van der Waals surface area contributed by atoms with Crippen molar-refractivity contribution in [1.29, 1.82) is 0 Å². The molecule has 106 valence electrons. The Hall–Kier alpha value is -0.980. The molecular formula is C13H19FN2O2S. The van der Waals surface area contributed by atoms with Crippen molar-refractivity contribution in [2.24, 2.45) is 5.41 Å². The number of sulfonamides is 1. The summed E-state index contributed by atoms with van der Waals surface area (Å²) in [6.07, 6.45) is 2.02. The number of nitrogens with one attached hydrogen (secondary N) is 2. The van der Waals surface area contributed by atoms with Gasteiger partial charge in [0.15, 0.2) is 0 Å². The van der Waals surface area contributed by atoms with Crippen LogP contribution in [0.3, 0.4) is 0 Å². The van der Waals surface area contributed by atoms with Crippen LogP contribution in [0.25, 0.3) is 0 Å². The van der Waals surface area contributed by atoms with Crippen LogP contribution in [0.5, 0.6) is 0 Å². The molecule has 0 unspecified atom stereocenters. The lowest BCUT2D eigenvalue weighted by Gasteiger charge is -2.12. The molecule has 0 aromatic heterocycles. The zero-order valence-corrected chi connectivity index (χ0v) is 12.0. The van der Waals surface area contributed by atoms with Crippen LogP contribution in [-0.2, 0) is 16.6 Å². The highest BCUT2D eigenvalue weighted by Gasteiger charge is 2.38. The maximum absolute atomic E-state index is 13.7. The van der Waals surface area contributed by atoms with Crippen molar-refractivity contribution in [2.45, 2.75) is 31.2 Å². The summed E-state index contributed by atoms with van der Waals surface area (Å²) in [5, 5.41) is 2.91. The Kier molecular flexibility index (Phi) is 3.94. The maximum atomic E-state index is 13.7. The summed E-state index contributed by atoms with van der Waals surface area (Å²) in [4.78, 5) is -0.274. The highest BCUT2D eigenvalue weighted by atomic mass is 32.2. The first-order valence-corrected chi connectivity index (χ1v) is 7.77. The molecule has 1 aromatic rings. The van der Waals surface area contributed by atoms with Crippen LogP contribution in [0.2, 0.25) is 0 Å². The molecule has 0 heterocycles. The smallest absolute Gasteiger partial charge is 0.243 e. The fourth-order valence-electron chi connectivity index (χ4n) is 1.80. The molecule has 4 nitrogen and oxygen atoms in total. The SMILES string of the molecule is CNCc1ccc(F)c(S(=O)(=O)NCC2(C)CC2)c1. The molecule has 1 saturated carbocycles. The molecule has 1 aliphatic rings. The number of halogens is 1. The fraction of sp³-hybridized carbons (Fsp3) is 0.538. The largest absolute Gasteiger partial charge is 0.316 e. The van der Waals surface area contributed by atoms with Crippen LogP contribution in [0.4, 0.5) is 4.39 Å². The molecule has 2 N–H and O–H groups in total. The lowest BCUT2D eigenvalue weighted by Crippen LogP contribution is -2.30. The Balaban J connectivity index is 2.20. The van der Waals surface area contributed by atoms with Gasteiger partial charge in [0.2, 0.25) is 10.0 Å². The molecule has 19 heavy (non-hydrogen) atoms. The van der Waals surface area contributed by atoms with E-state index < -0.39 is 15.8 Å². The van der Waals surface area contributed by atoms with Gasteiger partial charge < -0.3 is 5.32 Å². The first-order chi connectivity index (χ1) is 8.86. The molecule has 1 aromatic carbocycles. The van der Waals surface area contributed by atoms with Gasteiger partial charge in [0.1, 0.15) is 10.7 Å². The highest BCUT2D eigenvalue weighted by molar-refractivity contribution is 7.89. The second-order valence-electron chi connectivity index (χ2n) is 5.43. The Morgan fingerprint density at radius 1 is 1.37 bits per heavy atom. The second kappa shape index (κ2) is 5.19. The number of hydrogen-bond acceptors (Lipinski definition) is 3. The highest BCUT2D eigenvalue weighted by Crippen LogP contribution is 2.44. The van der Waals surface area contributed by atoms with Crippen LogP contribution < -0.4 is 10.0 Å². The summed E-state index contributed by atoms with van der Waals surface area (Å²) in [5.41, 5.74) is 0.786. The lowest BCUT2D eigenvalue weighted by molar-refractivity contribution is 0.522. The molecule has 1 fully saturated rings. The summed E-state index contributed by atoms with van der Waals surface area (Å²) >= 11 is 0. The van der Waals surface area contributed by atoms with Gasteiger partial charge >= 0.3 is 0 Å². The first-order valence-electron chi connectivity index (χ1n) is 6.29. The third kappa shape index (κ3) is 3.52. The van der Waals surface area contributed by atoms with Crippen LogP contribution in [0.1, 0.15) is 25.3 Å². The van der Waals surface area contributed by atoms with E-state index in [1.165, 1.54) is 12.1 Å². The molecule has 0 amide bonds. The predicted octanol–water partition coefficient (Wildman–Crippen LogP) is 1.62. The monoisotopic (exact) mass is 286 g/mol. The predicted molar refractivity (Wildman–Crippen MR) is 71.7 cm³/mol. The van der Waals surface area contributed by atoms with Gasteiger partial charge in [0.25, 0.3) is 0 Å². The average molecular weight is 286 g/mol. The van der Waals surface area contributed by atoms with E-state index in [0.29, 0.717) is 13.1 Å². The van der Waals surface area contributed by atoms with Crippen molar-refractivity contribution in [3.63, 3.8) is 0 Å². The third-order valence-electron chi connectivity index (χ3n) is 3.46. The Labute approximate surface area is 113 Å². The normalized spacial score (nSPS) is 17.4. The first kappa shape index (κ1) is 14.4. The van der Waals surface area contributed by atoms with Crippen LogP contribution in [-0.4, -0.2) is 22.0 Å². The summed E-state index contributed by atoms with van der Waals surface area (Å²) in [5.74, 6) is -0.715. The van der Waals surface area contributed by atoms with Gasteiger partial charge in [-0.25, -0.2) is 17.5 Å². The molecule has 0 aliphatic heterocycles. The van der Waals surface area contributed by atoms with Gasteiger partial charge in [-0.1, -0.05) is 13.0 Å². The Morgan fingerprint density at radius 2 is 2.05 bits per heavy atom. The topological polar surface area (TPSA) is 58.2 Å². The third-order valence-corrected chi connectivity index (χ3v) is 4.87. The minimum atomic E-state index is -3.78. The number of hydrogen-bond donors (Lipinski definition) is 2. The van der Waals surface area contributed by atoms with Gasteiger partial charge in [0.05, 0.1) is 0 Å². The zero-order chi connectivity index (χ0) is 14.1. The van der Waals surface area contributed by atoms with E-state index in [9.17, 15) is 12.8 Å². The van der Waals surface area contributed by atoms with Crippen LogP contribution in [0, 0.1) is 11.2 Å².